The molecule has 34 heavy (non-hydrogen) atoms. The van der Waals surface area contributed by atoms with Gasteiger partial charge in [-0.15, -0.1) is 0 Å². The summed E-state index contributed by atoms with van der Waals surface area (Å²) in [6.45, 7) is 6.04. The van der Waals surface area contributed by atoms with E-state index in [0.29, 0.717) is 24.5 Å². The van der Waals surface area contributed by atoms with Crippen molar-refractivity contribution >= 4 is 16.8 Å². The molecule has 1 aliphatic heterocycles. The first-order chi connectivity index (χ1) is 16.6. The number of nitrogens with one attached hydrogen (secondary N) is 2. The van der Waals surface area contributed by atoms with Gasteiger partial charge in [-0.3, -0.25) is 4.79 Å². The predicted molar refractivity (Wildman–Crippen MR) is 137 cm³/mol. The molecule has 4 rings (SSSR count). The molecule has 6 nitrogen and oxygen atoms in total. The van der Waals surface area contributed by atoms with Crippen molar-refractivity contribution < 1.29 is 14.3 Å². The molecule has 2 heterocycles. The molecule has 3 aromatic rings. The van der Waals surface area contributed by atoms with Crippen molar-refractivity contribution in [2.24, 2.45) is 0 Å². The van der Waals surface area contributed by atoms with Gasteiger partial charge in [0.1, 0.15) is 0 Å². The topological polar surface area (TPSA) is 66.6 Å². The Bertz CT molecular complexity index is 1100. The van der Waals surface area contributed by atoms with Gasteiger partial charge in [-0.05, 0) is 61.2 Å². The van der Waals surface area contributed by atoms with Crippen molar-refractivity contribution in [3.63, 3.8) is 0 Å². The van der Waals surface area contributed by atoms with Crippen LogP contribution in [0.1, 0.15) is 55.2 Å². The van der Waals surface area contributed by atoms with Crippen LogP contribution in [0.4, 0.5) is 0 Å². The first-order valence-electron chi connectivity index (χ1n) is 12.4. The fraction of sp³-hybridized carbons (Fsp3) is 0.464. The molecular formula is C28H37N3O3. The smallest absolute Gasteiger partial charge is 0.220 e. The number of aromatic amines is 1. The van der Waals surface area contributed by atoms with Gasteiger partial charge in [0.25, 0.3) is 0 Å². The largest absolute Gasteiger partial charge is 0.493 e. The van der Waals surface area contributed by atoms with Crippen LogP contribution in [-0.2, 0) is 11.2 Å². The number of aryl methyl sites for hydroxylation is 1. The summed E-state index contributed by atoms with van der Waals surface area (Å²) in [5.74, 6) is 1.32. The van der Waals surface area contributed by atoms with Crippen LogP contribution in [-0.4, -0.2) is 56.2 Å². The van der Waals surface area contributed by atoms with Crippen molar-refractivity contribution in [2.45, 2.75) is 44.9 Å². The minimum atomic E-state index is -0.101. The molecule has 1 aliphatic rings. The highest BCUT2D eigenvalue weighted by molar-refractivity contribution is 5.88. The maximum Gasteiger partial charge on any atom is 0.220 e. The Balaban J connectivity index is 1.59. The highest BCUT2D eigenvalue weighted by Gasteiger charge is 2.23. The summed E-state index contributed by atoms with van der Waals surface area (Å²) in [6, 6.07) is 12.3. The van der Waals surface area contributed by atoms with E-state index in [1.165, 1.54) is 30.2 Å². The summed E-state index contributed by atoms with van der Waals surface area (Å²) >= 11 is 0. The van der Waals surface area contributed by atoms with Crippen LogP contribution in [0.3, 0.4) is 0 Å². The molecule has 1 unspecified atom stereocenters. The zero-order valence-electron chi connectivity index (χ0n) is 20.7. The van der Waals surface area contributed by atoms with Crippen molar-refractivity contribution in [3.05, 3.63) is 59.3 Å². The Morgan fingerprint density at radius 1 is 1.09 bits per heavy atom. The predicted octanol–water partition coefficient (Wildman–Crippen LogP) is 4.87. The van der Waals surface area contributed by atoms with Gasteiger partial charge in [0.15, 0.2) is 11.5 Å². The van der Waals surface area contributed by atoms with Crippen molar-refractivity contribution in [1.29, 1.82) is 0 Å². The first-order valence-corrected chi connectivity index (χ1v) is 12.4. The molecular weight excluding hydrogens is 426 g/mol. The molecule has 0 radical (unpaired) electrons. The molecule has 1 amide bonds. The van der Waals surface area contributed by atoms with Gasteiger partial charge in [0.2, 0.25) is 5.91 Å². The number of ether oxygens (including phenoxy) is 2. The summed E-state index contributed by atoms with van der Waals surface area (Å²) in [5, 5.41) is 4.33. The number of rotatable bonds is 10. The molecule has 1 aromatic heterocycles. The summed E-state index contributed by atoms with van der Waals surface area (Å²) < 4.78 is 11.0. The minimum Gasteiger partial charge on any atom is -0.493 e. The number of likely N-dealkylation sites (tertiary alicyclic amines) is 1. The Labute approximate surface area is 202 Å². The zero-order chi connectivity index (χ0) is 23.9. The SMILES string of the molecule is CCc1cccc2c(C(CC(=O)NCCN3CCCCC3)c3ccc(OC)c(OC)c3)c[nH]c12. The number of methoxy groups -OCH3 is 2. The number of H-pyrrole nitrogens is 1. The van der Waals surface area contributed by atoms with Gasteiger partial charge in [-0.1, -0.05) is 37.6 Å². The van der Waals surface area contributed by atoms with E-state index in [1.54, 1.807) is 14.2 Å². The Hall–Kier alpha value is -2.99. The molecule has 1 saturated heterocycles. The second-order valence-corrected chi connectivity index (χ2v) is 9.06. The standard InChI is InChI=1S/C28H37N3O3/c1-4-20-9-8-10-22-24(19-30-28(20)22)23(21-11-12-25(33-2)26(17-21)34-3)18-27(32)29-13-16-31-14-6-5-7-15-31/h8-12,17,19,23,30H,4-7,13-16,18H2,1-3H3,(H,29,32). The average molecular weight is 464 g/mol. The number of carbonyl (C=O) groups is 1. The van der Waals surface area contributed by atoms with Crippen molar-refractivity contribution in [2.75, 3.05) is 40.4 Å². The second-order valence-electron chi connectivity index (χ2n) is 9.06. The molecule has 2 N–H and O–H groups in total. The van der Waals surface area contributed by atoms with E-state index >= 15 is 0 Å². The molecule has 2 aromatic carbocycles. The quantitative estimate of drug-likeness (QED) is 0.450. The molecule has 6 heteroatoms. The van der Waals surface area contributed by atoms with Crippen molar-refractivity contribution in [3.8, 4) is 11.5 Å². The summed E-state index contributed by atoms with van der Waals surface area (Å²) in [7, 11) is 3.28. The lowest BCUT2D eigenvalue weighted by molar-refractivity contribution is -0.121. The third kappa shape index (κ3) is 5.39. The lowest BCUT2D eigenvalue weighted by Crippen LogP contribution is -2.38. The van der Waals surface area contributed by atoms with E-state index in [9.17, 15) is 4.79 Å². The number of piperidine rings is 1. The van der Waals surface area contributed by atoms with Crippen LogP contribution in [0, 0.1) is 0 Å². The van der Waals surface area contributed by atoms with E-state index in [-0.39, 0.29) is 11.8 Å². The molecule has 1 atom stereocenters. The number of hydrogen-bond acceptors (Lipinski definition) is 4. The van der Waals surface area contributed by atoms with E-state index in [0.717, 1.165) is 42.7 Å². The number of carbonyl (C=O) groups excluding carboxylic acids is 1. The highest BCUT2D eigenvalue weighted by Crippen LogP contribution is 2.38. The number of para-hydroxylation sites is 1. The average Bonchev–Trinajstić information content (AvgIpc) is 3.31. The highest BCUT2D eigenvalue weighted by atomic mass is 16.5. The molecule has 0 aliphatic carbocycles. The Morgan fingerprint density at radius 2 is 1.88 bits per heavy atom. The fourth-order valence-electron chi connectivity index (χ4n) is 5.09. The maximum atomic E-state index is 13.1. The van der Waals surface area contributed by atoms with Crippen molar-refractivity contribution in [1.82, 2.24) is 15.2 Å². The molecule has 0 bridgehead atoms. The number of fused-ring (bicyclic) bond motifs is 1. The van der Waals surface area contributed by atoms with Crippen LogP contribution in [0.2, 0.25) is 0 Å². The molecule has 182 valence electrons. The van der Waals surface area contributed by atoms with E-state index in [2.05, 4.69) is 46.5 Å². The normalized spacial score (nSPS) is 15.3. The minimum absolute atomic E-state index is 0.0674. The maximum absolute atomic E-state index is 13.1. The summed E-state index contributed by atoms with van der Waals surface area (Å²) in [6.07, 6.45) is 7.23. The lowest BCUT2D eigenvalue weighted by Gasteiger charge is -2.26. The number of nitrogens with zero attached hydrogens (tertiary/aromatic N) is 1. The first kappa shape index (κ1) is 24.1. The molecule has 0 saturated carbocycles. The van der Waals surface area contributed by atoms with Gasteiger partial charge < -0.3 is 24.7 Å². The molecule has 0 spiro atoms. The second kappa shape index (κ2) is 11.4. The van der Waals surface area contributed by atoms with Gasteiger partial charge in [0, 0.05) is 42.5 Å². The van der Waals surface area contributed by atoms with Gasteiger partial charge in [0.05, 0.1) is 14.2 Å². The summed E-state index contributed by atoms with van der Waals surface area (Å²) in [4.78, 5) is 19.0. The van der Waals surface area contributed by atoms with Gasteiger partial charge in [-0.25, -0.2) is 0 Å². The van der Waals surface area contributed by atoms with Crippen LogP contribution in [0.25, 0.3) is 10.9 Å². The van der Waals surface area contributed by atoms with E-state index in [4.69, 9.17) is 9.47 Å². The lowest BCUT2D eigenvalue weighted by atomic mass is 9.87. The van der Waals surface area contributed by atoms with Crippen LogP contribution >= 0.6 is 0 Å². The van der Waals surface area contributed by atoms with Gasteiger partial charge in [-0.2, -0.15) is 0 Å². The number of hydrogen-bond donors (Lipinski definition) is 2. The van der Waals surface area contributed by atoms with Crippen LogP contribution in [0.15, 0.2) is 42.6 Å². The molecule has 1 fully saturated rings. The van der Waals surface area contributed by atoms with E-state index < -0.39 is 0 Å². The third-order valence-corrected chi connectivity index (χ3v) is 6.99. The van der Waals surface area contributed by atoms with Gasteiger partial charge >= 0.3 is 0 Å². The number of aromatic nitrogens is 1. The van der Waals surface area contributed by atoms with E-state index in [1.807, 2.05) is 18.2 Å². The van der Waals surface area contributed by atoms with Crippen LogP contribution < -0.4 is 14.8 Å². The summed E-state index contributed by atoms with van der Waals surface area (Å²) in [5.41, 5.74) is 4.59. The monoisotopic (exact) mass is 463 g/mol. The third-order valence-electron chi connectivity index (χ3n) is 6.99. The number of amides is 1. The van der Waals surface area contributed by atoms with Crippen LogP contribution in [0.5, 0.6) is 11.5 Å². The Kier molecular flexibility index (Phi) is 8.12. The Morgan fingerprint density at radius 3 is 2.62 bits per heavy atom. The zero-order valence-corrected chi connectivity index (χ0v) is 20.7. The fourth-order valence-corrected chi connectivity index (χ4v) is 5.09. The number of benzene rings is 2.